The largest absolute Gasteiger partial charge is 0.391 e. The predicted molar refractivity (Wildman–Crippen MR) is 38.0 cm³/mol. The van der Waals surface area contributed by atoms with Crippen LogP contribution >= 0.6 is 0 Å². The van der Waals surface area contributed by atoms with Crippen molar-refractivity contribution in [2.24, 2.45) is 0 Å². The molecule has 0 aliphatic carbocycles. The zero-order chi connectivity index (χ0) is 8.01. The van der Waals surface area contributed by atoms with Crippen LogP contribution in [0.15, 0.2) is 0 Å². The van der Waals surface area contributed by atoms with Crippen molar-refractivity contribution in [1.29, 1.82) is 0 Å². The van der Waals surface area contributed by atoms with E-state index in [0.717, 1.165) is 0 Å². The Kier molecular flexibility index (Phi) is 1.64. The molecule has 0 aromatic heterocycles. The molecule has 4 heteroatoms. The minimum atomic E-state index is -0.705. The first kappa shape index (κ1) is 7.49. The fraction of sp³-hybridized carbons (Fsp3) is 1.00. The normalized spacial score (nSPS) is 56.5. The van der Waals surface area contributed by atoms with E-state index >= 15 is 0 Å². The van der Waals surface area contributed by atoms with Gasteiger partial charge in [-0.15, -0.1) is 0 Å². The van der Waals surface area contributed by atoms with Crippen molar-refractivity contribution in [1.82, 2.24) is 5.32 Å². The molecule has 0 amide bonds. The van der Waals surface area contributed by atoms with Gasteiger partial charge in [0.15, 0.2) is 0 Å². The molecule has 5 unspecified atom stereocenters. The summed E-state index contributed by atoms with van der Waals surface area (Å²) in [6, 6.07) is -0.128. The van der Waals surface area contributed by atoms with Gasteiger partial charge in [-0.1, -0.05) is 0 Å². The number of aliphatic hydroxyl groups is 3. The molecule has 2 fully saturated rings. The molecule has 11 heavy (non-hydrogen) atoms. The standard InChI is InChI=1S/C7H13NO3/c9-5-2-4-7(11)6(10)1-3(5)8-4/h3-11H,1-2H2. The van der Waals surface area contributed by atoms with Gasteiger partial charge in [-0.2, -0.15) is 0 Å². The summed E-state index contributed by atoms with van der Waals surface area (Å²) < 4.78 is 0. The number of hydrogen-bond donors (Lipinski definition) is 4. The third kappa shape index (κ3) is 1.06. The molecule has 2 saturated heterocycles. The van der Waals surface area contributed by atoms with Crippen LogP contribution in [0.25, 0.3) is 0 Å². The van der Waals surface area contributed by atoms with Crippen molar-refractivity contribution in [3.8, 4) is 0 Å². The summed E-state index contributed by atoms with van der Waals surface area (Å²) >= 11 is 0. The molecular formula is C7H13NO3. The SMILES string of the molecule is OC1CC2NC1CC(O)C2O. The number of fused-ring (bicyclic) bond motifs is 2. The molecule has 2 rings (SSSR count). The van der Waals surface area contributed by atoms with Gasteiger partial charge in [0, 0.05) is 12.1 Å². The molecule has 2 aliphatic rings. The summed E-state index contributed by atoms with van der Waals surface area (Å²) in [5.41, 5.74) is 0. The fourth-order valence-corrected chi connectivity index (χ4v) is 2.01. The lowest BCUT2D eigenvalue weighted by Crippen LogP contribution is -2.52. The lowest BCUT2D eigenvalue weighted by molar-refractivity contribution is -0.0256. The van der Waals surface area contributed by atoms with Crippen molar-refractivity contribution in [3.63, 3.8) is 0 Å². The molecule has 4 nitrogen and oxygen atoms in total. The van der Waals surface area contributed by atoms with E-state index in [1.165, 1.54) is 0 Å². The lowest BCUT2D eigenvalue weighted by Gasteiger charge is -2.30. The van der Waals surface area contributed by atoms with Crippen molar-refractivity contribution >= 4 is 0 Å². The Labute approximate surface area is 64.8 Å². The summed E-state index contributed by atoms with van der Waals surface area (Å²) in [6.07, 6.45) is -0.750. The first-order valence-electron chi connectivity index (χ1n) is 3.98. The van der Waals surface area contributed by atoms with E-state index in [1.54, 1.807) is 0 Å². The van der Waals surface area contributed by atoms with Gasteiger partial charge in [0.2, 0.25) is 0 Å². The van der Waals surface area contributed by atoms with Crippen LogP contribution in [-0.4, -0.2) is 45.7 Å². The Hall–Kier alpha value is -0.160. The molecule has 4 N–H and O–H groups in total. The van der Waals surface area contributed by atoms with E-state index < -0.39 is 18.3 Å². The second kappa shape index (κ2) is 2.42. The number of nitrogens with one attached hydrogen (secondary N) is 1. The van der Waals surface area contributed by atoms with Crippen molar-refractivity contribution < 1.29 is 15.3 Å². The van der Waals surface area contributed by atoms with Gasteiger partial charge < -0.3 is 20.6 Å². The topological polar surface area (TPSA) is 72.7 Å². The number of piperidine rings is 1. The van der Waals surface area contributed by atoms with Gasteiger partial charge in [-0.05, 0) is 12.8 Å². The molecule has 2 aliphatic heterocycles. The van der Waals surface area contributed by atoms with Crippen LogP contribution in [0.3, 0.4) is 0 Å². The van der Waals surface area contributed by atoms with Crippen LogP contribution < -0.4 is 5.32 Å². The maximum absolute atomic E-state index is 9.36. The minimum absolute atomic E-state index is 0.0154. The maximum atomic E-state index is 9.36. The highest BCUT2D eigenvalue weighted by molar-refractivity contribution is 5.02. The second-order valence-corrected chi connectivity index (χ2v) is 3.48. The number of aliphatic hydroxyl groups excluding tert-OH is 3. The second-order valence-electron chi connectivity index (χ2n) is 3.48. The Balaban J connectivity index is 2.12. The summed E-state index contributed by atoms with van der Waals surface area (Å²) in [4.78, 5) is 0. The van der Waals surface area contributed by atoms with Gasteiger partial charge in [0.1, 0.15) is 0 Å². The van der Waals surface area contributed by atoms with Crippen molar-refractivity contribution in [2.75, 3.05) is 0 Å². The molecular weight excluding hydrogens is 146 g/mol. The maximum Gasteiger partial charge on any atom is 0.0953 e. The molecule has 5 atom stereocenters. The highest BCUT2D eigenvalue weighted by atomic mass is 16.3. The van der Waals surface area contributed by atoms with Gasteiger partial charge in [0.25, 0.3) is 0 Å². The van der Waals surface area contributed by atoms with E-state index in [1.807, 2.05) is 0 Å². The molecule has 0 aromatic carbocycles. The van der Waals surface area contributed by atoms with Gasteiger partial charge >= 0.3 is 0 Å². The van der Waals surface area contributed by atoms with Crippen LogP contribution in [0.2, 0.25) is 0 Å². The molecule has 0 spiro atoms. The Morgan fingerprint density at radius 3 is 2.27 bits per heavy atom. The molecule has 2 heterocycles. The zero-order valence-corrected chi connectivity index (χ0v) is 6.14. The highest BCUT2D eigenvalue weighted by Crippen LogP contribution is 2.27. The summed E-state index contributed by atoms with van der Waals surface area (Å²) in [7, 11) is 0. The predicted octanol–water partition coefficient (Wildman–Crippen LogP) is -1.80. The van der Waals surface area contributed by atoms with E-state index in [9.17, 15) is 15.3 Å². The Bertz CT molecular complexity index is 162. The summed E-state index contributed by atoms with van der Waals surface area (Å²) in [5, 5.41) is 31.0. The Morgan fingerprint density at radius 1 is 0.909 bits per heavy atom. The van der Waals surface area contributed by atoms with E-state index in [0.29, 0.717) is 12.8 Å². The van der Waals surface area contributed by atoms with Crippen LogP contribution in [0.1, 0.15) is 12.8 Å². The van der Waals surface area contributed by atoms with Gasteiger partial charge in [0.05, 0.1) is 18.3 Å². The van der Waals surface area contributed by atoms with Crippen LogP contribution in [0.4, 0.5) is 0 Å². The van der Waals surface area contributed by atoms with Crippen molar-refractivity contribution in [2.45, 2.75) is 43.2 Å². The van der Waals surface area contributed by atoms with Crippen molar-refractivity contribution in [3.05, 3.63) is 0 Å². The molecule has 2 bridgehead atoms. The summed E-state index contributed by atoms with van der Waals surface area (Å²) in [6.45, 7) is 0. The average molecular weight is 159 g/mol. The molecule has 0 aromatic rings. The van der Waals surface area contributed by atoms with Crippen LogP contribution in [0.5, 0.6) is 0 Å². The van der Waals surface area contributed by atoms with E-state index in [2.05, 4.69) is 5.32 Å². The Morgan fingerprint density at radius 2 is 1.55 bits per heavy atom. The third-order valence-corrected chi connectivity index (χ3v) is 2.69. The molecule has 0 saturated carbocycles. The average Bonchev–Trinajstić information content (AvgIpc) is 2.26. The van der Waals surface area contributed by atoms with Crippen LogP contribution in [0, 0.1) is 0 Å². The van der Waals surface area contributed by atoms with Gasteiger partial charge in [-0.3, -0.25) is 0 Å². The first-order chi connectivity index (χ1) is 5.18. The van der Waals surface area contributed by atoms with E-state index in [4.69, 9.17) is 0 Å². The number of rotatable bonds is 0. The highest BCUT2D eigenvalue weighted by Gasteiger charge is 2.44. The zero-order valence-electron chi connectivity index (χ0n) is 6.14. The quantitative estimate of drug-likeness (QED) is 0.336. The monoisotopic (exact) mass is 159 g/mol. The fourth-order valence-electron chi connectivity index (χ4n) is 2.01. The number of hydrogen-bond acceptors (Lipinski definition) is 4. The smallest absolute Gasteiger partial charge is 0.0953 e. The lowest BCUT2D eigenvalue weighted by atomic mass is 9.99. The molecule has 64 valence electrons. The summed E-state index contributed by atoms with van der Waals surface area (Å²) in [5.74, 6) is 0. The van der Waals surface area contributed by atoms with Crippen LogP contribution in [-0.2, 0) is 0 Å². The third-order valence-electron chi connectivity index (χ3n) is 2.69. The van der Waals surface area contributed by atoms with Gasteiger partial charge in [-0.25, -0.2) is 0 Å². The molecule has 0 radical (unpaired) electrons. The first-order valence-corrected chi connectivity index (χ1v) is 3.98. The van der Waals surface area contributed by atoms with E-state index in [-0.39, 0.29) is 12.1 Å². The minimum Gasteiger partial charge on any atom is -0.391 e.